The Morgan fingerprint density at radius 3 is 3.04 bits per heavy atom. The highest BCUT2D eigenvalue weighted by Gasteiger charge is 2.48. The molecule has 8 heteroatoms. The number of likely N-dealkylation sites (tertiary alicyclic amines) is 1. The molecule has 2 aliphatic heterocycles. The van der Waals surface area contributed by atoms with E-state index in [9.17, 15) is 13.2 Å². The average molecular weight is 342 g/mol. The lowest BCUT2D eigenvalue weighted by atomic mass is 9.74. The monoisotopic (exact) mass is 342 g/mol. The summed E-state index contributed by atoms with van der Waals surface area (Å²) in [5.41, 5.74) is -0.182. The van der Waals surface area contributed by atoms with Gasteiger partial charge in [-0.2, -0.15) is 0 Å². The van der Waals surface area contributed by atoms with Crippen LogP contribution < -0.4 is 4.72 Å². The van der Waals surface area contributed by atoms with E-state index < -0.39 is 10.0 Å². The normalized spacial score (nSPS) is 27.9. The quantitative estimate of drug-likeness (QED) is 0.856. The van der Waals surface area contributed by atoms with Crippen LogP contribution >= 0.6 is 0 Å². The first-order valence-corrected chi connectivity index (χ1v) is 9.68. The maximum Gasteiger partial charge on any atom is 0.289 e. The number of hydrogen-bond donors (Lipinski definition) is 1. The topological polar surface area (TPSA) is 88.9 Å². The Kier molecular flexibility index (Phi) is 4.48. The zero-order valence-corrected chi connectivity index (χ0v) is 14.0. The predicted octanol–water partition coefficient (Wildman–Crippen LogP) is 0.840. The summed E-state index contributed by atoms with van der Waals surface area (Å²) in [6.07, 6.45) is 5.00. The van der Waals surface area contributed by atoms with Crippen LogP contribution in [-0.4, -0.2) is 57.8 Å². The van der Waals surface area contributed by atoms with Crippen LogP contribution in [0.5, 0.6) is 0 Å². The number of nitrogens with zero attached hydrogens (tertiary/aromatic N) is 1. The van der Waals surface area contributed by atoms with E-state index in [0.717, 1.165) is 19.1 Å². The molecule has 0 radical (unpaired) electrons. The first kappa shape index (κ1) is 16.5. The van der Waals surface area contributed by atoms with Crippen molar-refractivity contribution in [3.05, 3.63) is 24.2 Å². The number of rotatable bonds is 5. The Hall–Kier alpha value is -1.38. The Morgan fingerprint density at radius 2 is 2.35 bits per heavy atom. The van der Waals surface area contributed by atoms with Crippen molar-refractivity contribution in [2.75, 3.05) is 32.5 Å². The lowest BCUT2D eigenvalue weighted by Gasteiger charge is -2.43. The molecule has 3 heterocycles. The molecule has 1 amide bonds. The molecule has 2 atom stereocenters. The Bertz CT molecular complexity index is 657. The second-order valence-corrected chi connectivity index (χ2v) is 8.21. The van der Waals surface area contributed by atoms with Gasteiger partial charge in [-0.05, 0) is 31.4 Å². The molecule has 1 aromatic rings. The van der Waals surface area contributed by atoms with Crippen molar-refractivity contribution in [2.24, 2.45) is 5.41 Å². The van der Waals surface area contributed by atoms with Crippen molar-refractivity contribution in [1.29, 1.82) is 0 Å². The van der Waals surface area contributed by atoms with Crippen LogP contribution in [0, 0.1) is 5.41 Å². The Balaban J connectivity index is 1.70. The minimum atomic E-state index is -3.21. The third-order valence-corrected chi connectivity index (χ3v) is 5.50. The van der Waals surface area contributed by atoms with Crippen molar-refractivity contribution in [1.82, 2.24) is 9.62 Å². The standard InChI is InChI=1S/C15H22N2O5S/c1-23(19,20)16-7-5-15-6-10-22-13(15)4-8-17(11-15)14(18)12-3-2-9-21-12/h2-3,9,13,16H,4-8,10-11H2,1H3/t13-,15+/m0/s1. The van der Waals surface area contributed by atoms with E-state index >= 15 is 0 Å². The van der Waals surface area contributed by atoms with Gasteiger partial charge in [0, 0.05) is 31.7 Å². The van der Waals surface area contributed by atoms with Crippen molar-refractivity contribution < 1.29 is 22.4 Å². The summed E-state index contributed by atoms with van der Waals surface area (Å²) in [6, 6.07) is 3.36. The van der Waals surface area contributed by atoms with Gasteiger partial charge in [0.2, 0.25) is 10.0 Å². The number of ether oxygens (including phenoxy) is 1. The summed E-state index contributed by atoms with van der Waals surface area (Å²) in [7, 11) is -3.21. The molecule has 1 aromatic heterocycles. The number of nitrogens with one attached hydrogen (secondary N) is 1. The molecule has 2 fully saturated rings. The number of amides is 1. The summed E-state index contributed by atoms with van der Waals surface area (Å²) in [5.74, 6) is 0.225. The third kappa shape index (κ3) is 3.59. The van der Waals surface area contributed by atoms with Gasteiger partial charge < -0.3 is 14.1 Å². The van der Waals surface area contributed by atoms with Crippen LogP contribution in [0.2, 0.25) is 0 Å². The van der Waals surface area contributed by atoms with E-state index in [2.05, 4.69) is 4.72 Å². The van der Waals surface area contributed by atoms with E-state index in [0.29, 0.717) is 38.4 Å². The molecular weight excluding hydrogens is 320 g/mol. The second-order valence-electron chi connectivity index (χ2n) is 6.38. The van der Waals surface area contributed by atoms with Gasteiger partial charge in [0.05, 0.1) is 18.6 Å². The Morgan fingerprint density at radius 1 is 1.52 bits per heavy atom. The maximum absolute atomic E-state index is 12.5. The van der Waals surface area contributed by atoms with Crippen LogP contribution in [0.3, 0.4) is 0 Å². The van der Waals surface area contributed by atoms with E-state index in [4.69, 9.17) is 9.15 Å². The number of sulfonamides is 1. The van der Waals surface area contributed by atoms with Crippen LogP contribution in [0.15, 0.2) is 22.8 Å². The van der Waals surface area contributed by atoms with Gasteiger partial charge in [0.15, 0.2) is 5.76 Å². The molecule has 7 nitrogen and oxygen atoms in total. The molecule has 0 aromatic carbocycles. The molecule has 128 valence electrons. The smallest absolute Gasteiger partial charge is 0.289 e. The van der Waals surface area contributed by atoms with Gasteiger partial charge >= 0.3 is 0 Å². The molecule has 3 rings (SSSR count). The van der Waals surface area contributed by atoms with Crippen LogP contribution in [0.25, 0.3) is 0 Å². The molecule has 0 unspecified atom stereocenters. The Labute approximate surface area is 136 Å². The van der Waals surface area contributed by atoms with E-state index in [1.165, 1.54) is 6.26 Å². The van der Waals surface area contributed by atoms with Gasteiger partial charge in [0.25, 0.3) is 5.91 Å². The lowest BCUT2D eigenvalue weighted by molar-refractivity contribution is -0.0166. The maximum atomic E-state index is 12.5. The minimum absolute atomic E-state index is 0.0875. The average Bonchev–Trinajstić information content (AvgIpc) is 3.14. The minimum Gasteiger partial charge on any atom is -0.459 e. The summed E-state index contributed by atoms with van der Waals surface area (Å²) in [5, 5.41) is 0. The molecule has 23 heavy (non-hydrogen) atoms. The molecule has 1 N–H and O–H groups in total. The fourth-order valence-electron chi connectivity index (χ4n) is 3.62. The number of piperidine rings is 1. The summed E-state index contributed by atoms with van der Waals surface area (Å²) in [6.45, 7) is 2.22. The third-order valence-electron chi connectivity index (χ3n) is 4.78. The zero-order valence-electron chi connectivity index (χ0n) is 13.2. The molecule has 0 saturated carbocycles. The molecule has 2 saturated heterocycles. The molecular formula is C15H22N2O5S. The van der Waals surface area contributed by atoms with E-state index in [1.54, 1.807) is 17.0 Å². The van der Waals surface area contributed by atoms with Gasteiger partial charge in [-0.15, -0.1) is 0 Å². The number of carbonyl (C=O) groups is 1. The summed E-state index contributed by atoms with van der Waals surface area (Å²) in [4.78, 5) is 14.3. The summed E-state index contributed by atoms with van der Waals surface area (Å²) >= 11 is 0. The molecule has 0 bridgehead atoms. The number of fused-ring (bicyclic) bond motifs is 1. The SMILES string of the molecule is CS(=O)(=O)NCC[C@]12CCO[C@H]1CCN(C(=O)c1ccco1)C2. The van der Waals surface area contributed by atoms with Crippen LogP contribution in [-0.2, 0) is 14.8 Å². The van der Waals surface area contributed by atoms with Crippen molar-refractivity contribution in [3.8, 4) is 0 Å². The number of carbonyl (C=O) groups excluding carboxylic acids is 1. The largest absolute Gasteiger partial charge is 0.459 e. The molecule has 0 aliphatic carbocycles. The van der Waals surface area contributed by atoms with Crippen molar-refractivity contribution in [3.63, 3.8) is 0 Å². The van der Waals surface area contributed by atoms with Crippen molar-refractivity contribution in [2.45, 2.75) is 25.4 Å². The first-order valence-electron chi connectivity index (χ1n) is 7.79. The highest BCUT2D eigenvalue weighted by Crippen LogP contribution is 2.43. The van der Waals surface area contributed by atoms with E-state index in [-0.39, 0.29) is 17.4 Å². The molecule has 0 spiro atoms. The van der Waals surface area contributed by atoms with E-state index in [1.807, 2.05) is 0 Å². The fourth-order valence-corrected chi connectivity index (χ4v) is 4.10. The highest BCUT2D eigenvalue weighted by atomic mass is 32.2. The van der Waals surface area contributed by atoms with Crippen LogP contribution in [0.1, 0.15) is 29.8 Å². The molecule has 2 aliphatic rings. The number of hydrogen-bond acceptors (Lipinski definition) is 5. The van der Waals surface area contributed by atoms with Gasteiger partial charge in [-0.3, -0.25) is 4.79 Å². The fraction of sp³-hybridized carbons (Fsp3) is 0.667. The second kappa shape index (κ2) is 6.26. The van der Waals surface area contributed by atoms with Gasteiger partial charge in [0.1, 0.15) is 0 Å². The highest BCUT2D eigenvalue weighted by molar-refractivity contribution is 7.88. The van der Waals surface area contributed by atoms with Crippen LogP contribution in [0.4, 0.5) is 0 Å². The van der Waals surface area contributed by atoms with Gasteiger partial charge in [-0.1, -0.05) is 0 Å². The first-order chi connectivity index (χ1) is 10.9. The summed E-state index contributed by atoms with van der Waals surface area (Å²) < 4.78 is 36.1. The lowest BCUT2D eigenvalue weighted by Crippen LogP contribution is -2.52. The van der Waals surface area contributed by atoms with Crippen molar-refractivity contribution >= 4 is 15.9 Å². The van der Waals surface area contributed by atoms with Gasteiger partial charge in [-0.25, -0.2) is 13.1 Å². The predicted molar refractivity (Wildman–Crippen MR) is 83.5 cm³/mol. The number of furan rings is 1. The zero-order chi connectivity index (χ0) is 16.5.